The molecule has 0 spiro atoms. The van der Waals surface area contributed by atoms with Crippen LogP contribution in [0.4, 0.5) is 0 Å². The third kappa shape index (κ3) is 9.43. The minimum atomic E-state index is -4.50. The molecule has 17 heavy (non-hydrogen) atoms. The summed E-state index contributed by atoms with van der Waals surface area (Å²) in [4.78, 5) is 46.1. The molecule has 1 unspecified atom stereocenters. The topological polar surface area (TPSA) is 156 Å². The zero-order valence-electron chi connectivity index (χ0n) is 9.00. The highest BCUT2D eigenvalue weighted by Gasteiger charge is 2.28. The lowest BCUT2D eigenvalue weighted by Crippen LogP contribution is -2.33. The van der Waals surface area contributed by atoms with Gasteiger partial charge in [0.2, 0.25) is 0 Å². The fourth-order valence-electron chi connectivity index (χ4n) is 1.15. The highest BCUT2D eigenvalue weighted by atomic mass is 31.2. The van der Waals surface area contributed by atoms with E-state index in [4.69, 9.17) is 24.7 Å². The molecule has 0 aliphatic carbocycles. The maximum Gasteiger partial charge on any atom is 0.339 e. The van der Waals surface area contributed by atoms with Crippen LogP contribution in [0.25, 0.3) is 0 Å². The SMILES string of the molecule is CC(CN(CP(=O)(O)O)CP(=O)(O)O)C(=O)O. The largest absolute Gasteiger partial charge is 0.481 e. The molecule has 0 saturated carbocycles. The van der Waals surface area contributed by atoms with Crippen molar-refractivity contribution in [2.24, 2.45) is 5.92 Å². The minimum absolute atomic E-state index is 0.356. The van der Waals surface area contributed by atoms with Crippen LogP contribution in [0, 0.1) is 5.92 Å². The molecule has 0 radical (unpaired) electrons. The monoisotopic (exact) mass is 291 g/mol. The molecule has 0 aliphatic heterocycles. The van der Waals surface area contributed by atoms with E-state index in [1.165, 1.54) is 6.92 Å². The Morgan fingerprint density at radius 1 is 1.12 bits per heavy atom. The number of rotatable bonds is 7. The van der Waals surface area contributed by atoms with Crippen LogP contribution in [-0.4, -0.2) is 54.7 Å². The molecule has 0 amide bonds. The molecule has 0 aromatic heterocycles. The second-order valence-corrected chi connectivity index (χ2v) is 6.93. The molecule has 9 nitrogen and oxygen atoms in total. The average molecular weight is 291 g/mol. The normalized spacial score (nSPS) is 14.9. The van der Waals surface area contributed by atoms with E-state index in [-0.39, 0.29) is 6.54 Å². The first-order valence-corrected chi connectivity index (χ1v) is 8.04. The summed E-state index contributed by atoms with van der Waals surface area (Å²) in [5, 5.41) is 8.61. The number of carboxylic acids is 1. The summed E-state index contributed by atoms with van der Waals surface area (Å²) in [6.07, 6.45) is -1.79. The Hall–Kier alpha value is -0.270. The van der Waals surface area contributed by atoms with Crippen molar-refractivity contribution in [1.82, 2.24) is 4.90 Å². The highest BCUT2D eigenvalue weighted by Crippen LogP contribution is 2.40. The Morgan fingerprint density at radius 2 is 1.47 bits per heavy atom. The predicted octanol–water partition coefficient (Wildman–Crippen LogP) is -0.721. The van der Waals surface area contributed by atoms with Crippen molar-refractivity contribution < 1.29 is 38.6 Å². The molecule has 0 aromatic carbocycles. The molecule has 0 heterocycles. The van der Waals surface area contributed by atoms with Gasteiger partial charge in [0.25, 0.3) is 0 Å². The van der Waals surface area contributed by atoms with Gasteiger partial charge in [-0.25, -0.2) is 0 Å². The van der Waals surface area contributed by atoms with Gasteiger partial charge in [-0.1, -0.05) is 6.92 Å². The van der Waals surface area contributed by atoms with Gasteiger partial charge in [0.15, 0.2) is 0 Å². The molecule has 0 aromatic rings. The summed E-state index contributed by atoms with van der Waals surface area (Å²) in [6, 6.07) is 0. The Bertz CT molecular complexity index is 335. The van der Waals surface area contributed by atoms with E-state index in [1.807, 2.05) is 0 Å². The van der Waals surface area contributed by atoms with Gasteiger partial charge in [-0.2, -0.15) is 0 Å². The van der Waals surface area contributed by atoms with Crippen LogP contribution < -0.4 is 0 Å². The molecular formula is C6H15NO8P2. The Labute approximate surface area is 97.4 Å². The Morgan fingerprint density at radius 3 is 1.71 bits per heavy atom. The standard InChI is InChI=1S/C6H15NO8P2/c1-5(6(8)9)2-7(3-16(10,11)12)4-17(13,14)15/h5H,2-4H2,1H3,(H,8,9)(H2,10,11,12)(H2,13,14,15). The Kier molecular flexibility index (Phi) is 5.96. The van der Waals surface area contributed by atoms with Crippen molar-refractivity contribution in [2.45, 2.75) is 6.92 Å². The van der Waals surface area contributed by atoms with E-state index in [1.54, 1.807) is 0 Å². The van der Waals surface area contributed by atoms with Gasteiger partial charge in [-0.3, -0.25) is 18.8 Å². The van der Waals surface area contributed by atoms with Gasteiger partial charge in [0.1, 0.15) is 12.6 Å². The van der Waals surface area contributed by atoms with Crippen molar-refractivity contribution in [3.8, 4) is 0 Å². The summed E-state index contributed by atoms with van der Waals surface area (Å²) >= 11 is 0. The van der Waals surface area contributed by atoms with Crippen molar-refractivity contribution in [1.29, 1.82) is 0 Å². The van der Waals surface area contributed by atoms with Crippen LogP contribution in [0.2, 0.25) is 0 Å². The lowest BCUT2D eigenvalue weighted by molar-refractivity contribution is -0.141. The highest BCUT2D eigenvalue weighted by molar-refractivity contribution is 7.52. The van der Waals surface area contributed by atoms with E-state index in [0.29, 0.717) is 0 Å². The molecule has 0 aliphatic rings. The molecule has 0 bridgehead atoms. The molecule has 102 valence electrons. The van der Waals surface area contributed by atoms with Crippen LogP contribution in [0.5, 0.6) is 0 Å². The first kappa shape index (κ1) is 16.7. The van der Waals surface area contributed by atoms with Gasteiger partial charge in [0, 0.05) is 6.54 Å². The summed E-state index contributed by atoms with van der Waals surface area (Å²) in [7, 11) is -9.01. The lowest BCUT2D eigenvalue weighted by Gasteiger charge is -2.24. The van der Waals surface area contributed by atoms with Crippen LogP contribution >= 0.6 is 15.2 Å². The smallest absolute Gasteiger partial charge is 0.339 e. The lowest BCUT2D eigenvalue weighted by atomic mass is 10.2. The molecule has 0 fully saturated rings. The Balaban J connectivity index is 4.68. The average Bonchev–Trinajstić information content (AvgIpc) is 1.96. The second-order valence-electron chi connectivity index (χ2n) is 3.70. The van der Waals surface area contributed by atoms with Crippen LogP contribution in [-0.2, 0) is 13.9 Å². The molecule has 1 atom stereocenters. The van der Waals surface area contributed by atoms with Gasteiger partial charge in [0.05, 0.1) is 5.92 Å². The third-order valence-corrected chi connectivity index (χ3v) is 3.26. The van der Waals surface area contributed by atoms with Gasteiger partial charge in [-0.15, -0.1) is 0 Å². The number of hydrogen-bond acceptors (Lipinski definition) is 4. The predicted molar refractivity (Wildman–Crippen MR) is 57.3 cm³/mol. The molecule has 11 heteroatoms. The summed E-state index contributed by atoms with van der Waals surface area (Å²) < 4.78 is 21.5. The summed E-state index contributed by atoms with van der Waals surface area (Å²) in [5.41, 5.74) is 0. The first-order valence-electron chi connectivity index (χ1n) is 4.45. The summed E-state index contributed by atoms with van der Waals surface area (Å²) in [6.45, 7) is 0.917. The quantitative estimate of drug-likeness (QED) is 0.382. The number of carboxylic acid groups (broad SMARTS) is 1. The first-order chi connectivity index (χ1) is 7.41. The van der Waals surface area contributed by atoms with Crippen LogP contribution in [0.3, 0.4) is 0 Å². The van der Waals surface area contributed by atoms with Crippen LogP contribution in [0.1, 0.15) is 6.92 Å². The summed E-state index contributed by atoms with van der Waals surface area (Å²) in [5.74, 6) is -2.21. The van der Waals surface area contributed by atoms with E-state index in [9.17, 15) is 13.9 Å². The van der Waals surface area contributed by atoms with Crippen molar-refractivity contribution in [3.05, 3.63) is 0 Å². The fraction of sp³-hybridized carbons (Fsp3) is 0.833. The zero-order chi connectivity index (χ0) is 13.9. The third-order valence-electron chi connectivity index (χ3n) is 1.72. The van der Waals surface area contributed by atoms with Gasteiger partial charge < -0.3 is 24.7 Å². The molecule has 5 N–H and O–H groups in total. The number of hydrogen-bond donors (Lipinski definition) is 5. The van der Waals surface area contributed by atoms with Gasteiger partial charge >= 0.3 is 21.2 Å². The number of aliphatic carboxylic acids is 1. The molecule has 0 saturated heterocycles. The molecular weight excluding hydrogens is 276 g/mol. The van der Waals surface area contributed by atoms with E-state index in [0.717, 1.165) is 4.90 Å². The van der Waals surface area contributed by atoms with E-state index < -0.39 is 39.7 Å². The van der Waals surface area contributed by atoms with Crippen molar-refractivity contribution >= 4 is 21.2 Å². The maximum atomic E-state index is 10.7. The van der Waals surface area contributed by atoms with Gasteiger partial charge in [-0.05, 0) is 0 Å². The molecule has 0 rings (SSSR count). The van der Waals surface area contributed by atoms with E-state index >= 15 is 0 Å². The fourth-order valence-corrected chi connectivity index (χ4v) is 2.78. The van der Waals surface area contributed by atoms with E-state index in [2.05, 4.69) is 0 Å². The maximum absolute atomic E-state index is 10.7. The minimum Gasteiger partial charge on any atom is -0.481 e. The second kappa shape index (κ2) is 6.06. The zero-order valence-corrected chi connectivity index (χ0v) is 10.8. The van der Waals surface area contributed by atoms with Crippen molar-refractivity contribution in [3.63, 3.8) is 0 Å². The number of nitrogens with zero attached hydrogens (tertiary/aromatic N) is 1. The van der Waals surface area contributed by atoms with Crippen LogP contribution in [0.15, 0.2) is 0 Å². The van der Waals surface area contributed by atoms with Crippen molar-refractivity contribution in [2.75, 3.05) is 19.1 Å². The number of carbonyl (C=O) groups is 1.